The Hall–Kier alpha value is -1.65. The van der Waals surface area contributed by atoms with Crippen LogP contribution in [0.1, 0.15) is 39.0 Å². The molecule has 0 radical (unpaired) electrons. The van der Waals surface area contributed by atoms with Gasteiger partial charge in [-0.25, -0.2) is 0 Å². The minimum absolute atomic E-state index is 0.0451. The molecule has 0 saturated carbocycles. The number of hydrogen-bond acceptors (Lipinski definition) is 3. The third-order valence-electron chi connectivity index (χ3n) is 2.45. The zero-order valence-corrected chi connectivity index (χ0v) is 9.21. The Morgan fingerprint density at radius 3 is 2.62 bits per heavy atom. The lowest BCUT2D eigenvalue weighted by Gasteiger charge is -2.19. The summed E-state index contributed by atoms with van der Waals surface area (Å²) in [5.41, 5.74) is 1.08. The lowest BCUT2D eigenvalue weighted by Crippen LogP contribution is -2.26. The van der Waals surface area contributed by atoms with Gasteiger partial charge in [0.2, 0.25) is 5.91 Å². The Morgan fingerprint density at radius 2 is 2.06 bits per heavy atom. The molecule has 0 heterocycles. The average molecular weight is 225 g/mol. The number of carboxylic acid groups (broad SMARTS) is 1. The second kappa shape index (κ2) is 5.44. The van der Waals surface area contributed by atoms with Gasteiger partial charge in [0.05, 0.1) is 0 Å². The van der Waals surface area contributed by atoms with Gasteiger partial charge in [-0.15, -0.1) is 0 Å². The minimum Gasteiger partial charge on any atom is -0.481 e. The summed E-state index contributed by atoms with van der Waals surface area (Å²) >= 11 is 0. The van der Waals surface area contributed by atoms with Crippen LogP contribution in [-0.2, 0) is 14.4 Å². The number of carbonyl (C=O) groups is 3. The lowest BCUT2D eigenvalue weighted by atomic mass is 9.91. The second-order valence-corrected chi connectivity index (χ2v) is 3.81. The number of rotatable bonds is 4. The van der Waals surface area contributed by atoms with Gasteiger partial charge in [-0.1, -0.05) is 0 Å². The van der Waals surface area contributed by atoms with Crippen LogP contribution in [0.25, 0.3) is 0 Å². The van der Waals surface area contributed by atoms with Crippen molar-refractivity contribution in [1.82, 2.24) is 5.32 Å². The molecule has 1 aliphatic carbocycles. The second-order valence-electron chi connectivity index (χ2n) is 3.81. The Kier molecular flexibility index (Phi) is 4.22. The van der Waals surface area contributed by atoms with E-state index in [-0.39, 0.29) is 24.5 Å². The zero-order valence-electron chi connectivity index (χ0n) is 9.21. The monoisotopic (exact) mass is 225 g/mol. The number of ketones is 1. The maximum Gasteiger partial charge on any atom is 0.303 e. The van der Waals surface area contributed by atoms with E-state index in [1.807, 2.05) is 0 Å². The number of nitrogens with one attached hydrogen (secondary N) is 1. The molecule has 0 aromatic rings. The molecule has 1 amide bonds. The number of hydrogen-bond donors (Lipinski definition) is 2. The summed E-state index contributed by atoms with van der Waals surface area (Å²) in [6.07, 6.45) is 1.91. The van der Waals surface area contributed by atoms with Crippen molar-refractivity contribution in [2.75, 3.05) is 0 Å². The maximum atomic E-state index is 11.6. The topological polar surface area (TPSA) is 83.5 Å². The molecule has 0 atom stereocenters. The van der Waals surface area contributed by atoms with Crippen molar-refractivity contribution in [3.05, 3.63) is 11.3 Å². The molecule has 0 aromatic carbocycles. The van der Waals surface area contributed by atoms with Gasteiger partial charge in [-0.2, -0.15) is 0 Å². The van der Waals surface area contributed by atoms with Crippen LogP contribution in [0.2, 0.25) is 0 Å². The molecule has 88 valence electrons. The molecule has 1 rings (SSSR count). The maximum absolute atomic E-state index is 11.6. The number of Topliss-reactive ketones (excluding diaryl/α,β-unsaturated/α-hetero) is 1. The summed E-state index contributed by atoms with van der Waals surface area (Å²) in [6.45, 7) is 1.38. The third kappa shape index (κ3) is 3.49. The number of allylic oxidation sites excluding steroid dienone is 2. The molecule has 0 unspecified atom stereocenters. The highest BCUT2D eigenvalue weighted by molar-refractivity contribution is 5.98. The van der Waals surface area contributed by atoms with Gasteiger partial charge in [-0.05, 0) is 19.3 Å². The molecule has 16 heavy (non-hydrogen) atoms. The summed E-state index contributed by atoms with van der Waals surface area (Å²) in [6, 6.07) is 0. The van der Waals surface area contributed by atoms with Gasteiger partial charge in [0, 0.05) is 31.0 Å². The van der Waals surface area contributed by atoms with Crippen LogP contribution < -0.4 is 5.32 Å². The molecule has 0 aromatic heterocycles. The molecule has 0 aliphatic heterocycles. The number of carboxylic acids is 1. The molecule has 5 heteroatoms. The predicted molar refractivity (Wildman–Crippen MR) is 56.6 cm³/mol. The van der Waals surface area contributed by atoms with E-state index in [0.29, 0.717) is 30.5 Å². The largest absolute Gasteiger partial charge is 0.481 e. The molecular weight excluding hydrogens is 210 g/mol. The van der Waals surface area contributed by atoms with Crippen LogP contribution in [0, 0.1) is 0 Å². The van der Waals surface area contributed by atoms with Crippen molar-refractivity contribution in [2.24, 2.45) is 0 Å². The van der Waals surface area contributed by atoms with Gasteiger partial charge >= 0.3 is 5.97 Å². The molecule has 2 N–H and O–H groups in total. The molecular formula is C11H15NO4. The van der Waals surface area contributed by atoms with Gasteiger partial charge in [0.1, 0.15) is 0 Å². The average Bonchev–Trinajstić information content (AvgIpc) is 2.15. The van der Waals surface area contributed by atoms with Crippen LogP contribution in [0.15, 0.2) is 11.3 Å². The Labute approximate surface area is 93.5 Å². The van der Waals surface area contributed by atoms with Crippen LogP contribution in [-0.4, -0.2) is 22.8 Å². The first-order chi connectivity index (χ1) is 7.50. The number of carbonyl (C=O) groups excluding carboxylic acids is 2. The van der Waals surface area contributed by atoms with Crippen molar-refractivity contribution in [3.63, 3.8) is 0 Å². The van der Waals surface area contributed by atoms with E-state index in [9.17, 15) is 14.4 Å². The van der Waals surface area contributed by atoms with Crippen molar-refractivity contribution in [2.45, 2.75) is 39.0 Å². The SMILES string of the molecule is CC(=O)NC1=C(CCC(=O)O)C(=O)CCC1. The number of amides is 1. The molecule has 5 nitrogen and oxygen atoms in total. The standard InChI is InChI=1S/C11H15NO4/c1-7(13)12-9-3-2-4-10(14)8(9)5-6-11(15)16/h2-6H2,1H3,(H,12,13)(H,15,16). The summed E-state index contributed by atoms with van der Waals surface area (Å²) in [5, 5.41) is 11.2. The van der Waals surface area contributed by atoms with Crippen LogP contribution >= 0.6 is 0 Å². The molecule has 0 saturated heterocycles. The van der Waals surface area contributed by atoms with E-state index >= 15 is 0 Å². The summed E-state index contributed by atoms with van der Waals surface area (Å²) in [5.74, 6) is -1.21. The Balaban J connectivity index is 2.81. The van der Waals surface area contributed by atoms with E-state index in [4.69, 9.17) is 5.11 Å². The quantitative estimate of drug-likeness (QED) is 0.747. The van der Waals surface area contributed by atoms with Gasteiger partial charge < -0.3 is 10.4 Å². The zero-order chi connectivity index (χ0) is 12.1. The highest BCUT2D eigenvalue weighted by atomic mass is 16.4. The summed E-state index contributed by atoms with van der Waals surface area (Å²) in [7, 11) is 0. The fraction of sp³-hybridized carbons (Fsp3) is 0.545. The first-order valence-corrected chi connectivity index (χ1v) is 5.25. The van der Waals surface area contributed by atoms with E-state index in [1.54, 1.807) is 0 Å². The minimum atomic E-state index is -0.937. The normalized spacial score (nSPS) is 16.2. The van der Waals surface area contributed by atoms with E-state index in [1.165, 1.54) is 6.92 Å². The van der Waals surface area contributed by atoms with E-state index in [0.717, 1.165) is 0 Å². The van der Waals surface area contributed by atoms with Crippen molar-refractivity contribution in [1.29, 1.82) is 0 Å². The summed E-state index contributed by atoms with van der Waals surface area (Å²) in [4.78, 5) is 33.0. The molecule has 0 fully saturated rings. The van der Waals surface area contributed by atoms with Crippen molar-refractivity contribution < 1.29 is 19.5 Å². The third-order valence-corrected chi connectivity index (χ3v) is 2.45. The van der Waals surface area contributed by atoms with Crippen LogP contribution in [0.3, 0.4) is 0 Å². The lowest BCUT2D eigenvalue weighted by molar-refractivity contribution is -0.137. The first kappa shape index (κ1) is 12.4. The van der Waals surface area contributed by atoms with Crippen molar-refractivity contribution >= 4 is 17.7 Å². The van der Waals surface area contributed by atoms with Gasteiger partial charge in [-0.3, -0.25) is 14.4 Å². The predicted octanol–water partition coefficient (Wildman–Crippen LogP) is 0.994. The molecule has 0 bridgehead atoms. The first-order valence-electron chi connectivity index (χ1n) is 5.25. The van der Waals surface area contributed by atoms with Crippen molar-refractivity contribution in [3.8, 4) is 0 Å². The fourth-order valence-electron chi connectivity index (χ4n) is 1.77. The molecule has 0 spiro atoms. The molecule has 1 aliphatic rings. The van der Waals surface area contributed by atoms with Gasteiger partial charge in [0.15, 0.2) is 5.78 Å². The van der Waals surface area contributed by atoms with E-state index in [2.05, 4.69) is 5.32 Å². The summed E-state index contributed by atoms with van der Waals surface area (Å²) < 4.78 is 0. The highest BCUT2D eigenvalue weighted by Gasteiger charge is 2.21. The smallest absolute Gasteiger partial charge is 0.303 e. The van der Waals surface area contributed by atoms with Crippen LogP contribution in [0.4, 0.5) is 0 Å². The highest BCUT2D eigenvalue weighted by Crippen LogP contribution is 2.23. The fourth-order valence-corrected chi connectivity index (χ4v) is 1.77. The van der Waals surface area contributed by atoms with Crippen LogP contribution in [0.5, 0.6) is 0 Å². The Morgan fingerprint density at radius 1 is 1.38 bits per heavy atom. The van der Waals surface area contributed by atoms with E-state index < -0.39 is 5.97 Å². The Bertz CT molecular complexity index is 357. The number of aliphatic carboxylic acids is 1. The van der Waals surface area contributed by atoms with Gasteiger partial charge in [0.25, 0.3) is 0 Å².